The SMILES string of the molecule is Cc1cccc(C#N)c1Nc1cccc(Cl)c1Br. The summed E-state index contributed by atoms with van der Waals surface area (Å²) in [7, 11) is 0. The number of nitriles is 1. The maximum Gasteiger partial charge on any atom is 0.101 e. The molecule has 0 spiro atoms. The number of hydrogen-bond donors (Lipinski definition) is 1. The van der Waals surface area contributed by atoms with Crippen molar-refractivity contribution in [1.82, 2.24) is 0 Å². The number of para-hydroxylation sites is 1. The van der Waals surface area contributed by atoms with E-state index >= 15 is 0 Å². The average Bonchev–Trinajstić information content (AvgIpc) is 2.37. The maximum absolute atomic E-state index is 9.12. The molecule has 90 valence electrons. The van der Waals surface area contributed by atoms with Gasteiger partial charge in [0.15, 0.2) is 0 Å². The first-order valence-electron chi connectivity index (χ1n) is 5.34. The van der Waals surface area contributed by atoms with Crippen molar-refractivity contribution in [1.29, 1.82) is 5.26 Å². The first-order chi connectivity index (χ1) is 8.63. The van der Waals surface area contributed by atoms with Crippen molar-refractivity contribution in [2.75, 3.05) is 5.32 Å². The summed E-state index contributed by atoms with van der Waals surface area (Å²) in [4.78, 5) is 0. The van der Waals surface area contributed by atoms with Crippen molar-refractivity contribution in [2.45, 2.75) is 6.92 Å². The fourth-order valence-electron chi connectivity index (χ4n) is 1.66. The van der Waals surface area contributed by atoms with Gasteiger partial charge < -0.3 is 5.32 Å². The fourth-order valence-corrected chi connectivity index (χ4v) is 2.20. The van der Waals surface area contributed by atoms with Crippen LogP contribution >= 0.6 is 27.5 Å². The van der Waals surface area contributed by atoms with Gasteiger partial charge >= 0.3 is 0 Å². The highest BCUT2D eigenvalue weighted by Gasteiger charge is 2.08. The molecule has 1 N–H and O–H groups in total. The lowest BCUT2D eigenvalue weighted by Crippen LogP contribution is -1.97. The molecule has 2 aromatic rings. The van der Waals surface area contributed by atoms with Crippen molar-refractivity contribution in [2.24, 2.45) is 0 Å². The van der Waals surface area contributed by atoms with E-state index in [0.29, 0.717) is 10.6 Å². The molecule has 2 rings (SSSR count). The number of rotatable bonds is 2. The van der Waals surface area contributed by atoms with Crippen LogP contribution in [0.2, 0.25) is 5.02 Å². The zero-order valence-corrected chi connectivity index (χ0v) is 12.0. The Morgan fingerprint density at radius 1 is 1.22 bits per heavy atom. The summed E-state index contributed by atoms with van der Waals surface area (Å²) >= 11 is 9.47. The summed E-state index contributed by atoms with van der Waals surface area (Å²) in [5.41, 5.74) is 3.28. The summed E-state index contributed by atoms with van der Waals surface area (Å²) in [6.07, 6.45) is 0. The highest BCUT2D eigenvalue weighted by atomic mass is 79.9. The van der Waals surface area contributed by atoms with Crippen LogP contribution in [-0.2, 0) is 0 Å². The molecule has 0 heterocycles. The van der Waals surface area contributed by atoms with Gasteiger partial charge in [-0.3, -0.25) is 0 Å². The predicted molar refractivity (Wildman–Crippen MR) is 78.3 cm³/mol. The Labute approximate surface area is 119 Å². The number of hydrogen-bond acceptors (Lipinski definition) is 2. The molecule has 0 saturated carbocycles. The van der Waals surface area contributed by atoms with Gasteiger partial charge in [-0.1, -0.05) is 29.8 Å². The van der Waals surface area contributed by atoms with Gasteiger partial charge in [0, 0.05) is 0 Å². The minimum atomic E-state index is 0.613. The number of nitrogens with one attached hydrogen (secondary N) is 1. The van der Waals surface area contributed by atoms with E-state index in [1.54, 1.807) is 12.1 Å². The number of aryl methyl sites for hydroxylation is 1. The van der Waals surface area contributed by atoms with E-state index < -0.39 is 0 Å². The second kappa shape index (κ2) is 5.43. The van der Waals surface area contributed by atoms with Gasteiger partial charge in [0.25, 0.3) is 0 Å². The summed E-state index contributed by atoms with van der Waals surface area (Å²) in [5, 5.41) is 13.0. The van der Waals surface area contributed by atoms with Crippen molar-refractivity contribution in [3.05, 3.63) is 57.0 Å². The number of benzene rings is 2. The maximum atomic E-state index is 9.12. The minimum absolute atomic E-state index is 0.613. The molecule has 0 saturated heterocycles. The zero-order valence-electron chi connectivity index (χ0n) is 9.67. The van der Waals surface area contributed by atoms with E-state index in [4.69, 9.17) is 16.9 Å². The minimum Gasteiger partial charge on any atom is -0.353 e. The lowest BCUT2D eigenvalue weighted by molar-refractivity contribution is 1.39. The third-order valence-corrected chi connectivity index (χ3v) is 4.00. The second-order valence-corrected chi connectivity index (χ2v) is 5.04. The van der Waals surface area contributed by atoms with E-state index in [-0.39, 0.29) is 0 Å². The first kappa shape index (κ1) is 12.9. The van der Waals surface area contributed by atoms with Crippen LogP contribution in [0.1, 0.15) is 11.1 Å². The topological polar surface area (TPSA) is 35.8 Å². The molecule has 0 radical (unpaired) electrons. The van der Waals surface area contributed by atoms with Crippen LogP contribution in [0.25, 0.3) is 0 Å². The van der Waals surface area contributed by atoms with Crippen molar-refractivity contribution in [3.63, 3.8) is 0 Å². The lowest BCUT2D eigenvalue weighted by atomic mass is 10.1. The third-order valence-electron chi connectivity index (χ3n) is 2.60. The van der Waals surface area contributed by atoms with Gasteiger partial charge in [0.2, 0.25) is 0 Å². The molecular formula is C14H10BrClN2. The van der Waals surface area contributed by atoms with Crippen molar-refractivity contribution >= 4 is 38.9 Å². The molecule has 0 aliphatic carbocycles. The highest BCUT2D eigenvalue weighted by molar-refractivity contribution is 9.10. The van der Waals surface area contributed by atoms with Gasteiger partial charge in [-0.05, 0) is 46.6 Å². The summed E-state index contributed by atoms with van der Waals surface area (Å²) < 4.78 is 0.791. The number of nitrogens with zero attached hydrogens (tertiary/aromatic N) is 1. The van der Waals surface area contributed by atoms with E-state index in [1.165, 1.54) is 0 Å². The van der Waals surface area contributed by atoms with E-state index in [0.717, 1.165) is 21.4 Å². The second-order valence-electron chi connectivity index (χ2n) is 3.84. The molecule has 0 aliphatic rings. The van der Waals surface area contributed by atoms with Gasteiger partial charge in [0.05, 0.1) is 26.4 Å². The van der Waals surface area contributed by atoms with Gasteiger partial charge in [0.1, 0.15) is 6.07 Å². The van der Waals surface area contributed by atoms with Crippen LogP contribution in [0.15, 0.2) is 40.9 Å². The Hall–Kier alpha value is -1.50. The van der Waals surface area contributed by atoms with Gasteiger partial charge in [-0.25, -0.2) is 0 Å². The molecule has 4 heteroatoms. The van der Waals surface area contributed by atoms with Crippen LogP contribution < -0.4 is 5.32 Å². The van der Waals surface area contributed by atoms with Crippen LogP contribution in [0.4, 0.5) is 11.4 Å². The Morgan fingerprint density at radius 2 is 1.94 bits per heavy atom. The molecule has 18 heavy (non-hydrogen) atoms. The normalized spacial score (nSPS) is 9.89. The summed E-state index contributed by atoms with van der Waals surface area (Å²) in [6, 6.07) is 13.4. The van der Waals surface area contributed by atoms with Gasteiger partial charge in [-0.15, -0.1) is 0 Å². The Balaban J connectivity index is 2.47. The van der Waals surface area contributed by atoms with Crippen molar-refractivity contribution in [3.8, 4) is 6.07 Å². The molecule has 0 aliphatic heterocycles. The highest BCUT2D eigenvalue weighted by Crippen LogP contribution is 2.33. The number of anilines is 2. The first-order valence-corrected chi connectivity index (χ1v) is 6.51. The monoisotopic (exact) mass is 320 g/mol. The van der Waals surface area contributed by atoms with Crippen molar-refractivity contribution < 1.29 is 0 Å². The van der Waals surface area contributed by atoms with Crippen LogP contribution in [0.5, 0.6) is 0 Å². The number of halogens is 2. The molecule has 0 aromatic heterocycles. The van der Waals surface area contributed by atoms with E-state index in [1.807, 2.05) is 31.2 Å². The zero-order chi connectivity index (χ0) is 13.1. The fraction of sp³-hybridized carbons (Fsp3) is 0.0714. The molecule has 0 bridgehead atoms. The molecule has 0 amide bonds. The molecule has 2 aromatic carbocycles. The lowest BCUT2D eigenvalue weighted by Gasteiger charge is -2.13. The standard InChI is InChI=1S/C14H10BrClN2/c1-9-4-2-5-10(8-17)14(9)18-12-7-3-6-11(16)13(12)15/h2-7,18H,1H3. The average molecular weight is 322 g/mol. The molecule has 0 fully saturated rings. The quantitative estimate of drug-likeness (QED) is 0.842. The third kappa shape index (κ3) is 2.50. The van der Waals surface area contributed by atoms with Crippen LogP contribution in [-0.4, -0.2) is 0 Å². The largest absolute Gasteiger partial charge is 0.353 e. The molecule has 2 nitrogen and oxygen atoms in total. The van der Waals surface area contributed by atoms with E-state index in [9.17, 15) is 0 Å². The summed E-state index contributed by atoms with van der Waals surface area (Å²) in [6.45, 7) is 1.96. The molecular weight excluding hydrogens is 312 g/mol. The Bertz CT molecular complexity index is 632. The van der Waals surface area contributed by atoms with Crippen LogP contribution in [0.3, 0.4) is 0 Å². The van der Waals surface area contributed by atoms with Crippen LogP contribution in [0, 0.1) is 18.3 Å². The predicted octanol–water partition coefficient (Wildman–Crippen LogP) is 5.03. The van der Waals surface area contributed by atoms with E-state index in [2.05, 4.69) is 27.3 Å². The Morgan fingerprint density at radius 3 is 2.67 bits per heavy atom. The van der Waals surface area contributed by atoms with Gasteiger partial charge in [-0.2, -0.15) is 5.26 Å². The smallest absolute Gasteiger partial charge is 0.101 e. The summed E-state index contributed by atoms with van der Waals surface area (Å²) in [5.74, 6) is 0. The Kier molecular flexibility index (Phi) is 3.90. The molecule has 0 atom stereocenters. The molecule has 0 unspecified atom stereocenters.